The van der Waals surface area contributed by atoms with Gasteiger partial charge in [0.25, 0.3) is 0 Å². The van der Waals surface area contributed by atoms with E-state index in [1.807, 2.05) is 112 Å². The first-order valence-electron chi connectivity index (χ1n) is 21.4. The quantitative estimate of drug-likeness (QED) is 0.0423. The lowest BCUT2D eigenvalue weighted by Crippen LogP contribution is -2.28. The van der Waals surface area contributed by atoms with Crippen molar-refractivity contribution < 1.29 is 30.1 Å². The minimum atomic E-state index is -0.547. The second kappa shape index (κ2) is 25.2. The summed E-state index contributed by atoms with van der Waals surface area (Å²) in [5, 5.41) is 7.28. The number of amides is 1. The van der Waals surface area contributed by atoms with Gasteiger partial charge in [-0.3, -0.25) is 29.5 Å². The number of benzene rings is 6. The van der Waals surface area contributed by atoms with Crippen molar-refractivity contribution in [1.29, 1.82) is 0 Å². The molecule has 1 amide bonds. The molecule has 7 rings (SSSR count). The maximum Gasteiger partial charge on any atom is 1.00 e. The molecule has 1 heterocycles. The van der Waals surface area contributed by atoms with E-state index < -0.39 is 17.2 Å². The lowest BCUT2D eigenvalue weighted by Gasteiger charge is -2.19. The molecule has 1 aliphatic heterocycles. The third kappa shape index (κ3) is 17.8. The lowest BCUT2D eigenvalue weighted by molar-refractivity contribution is -0.154. The molecule has 1 unspecified atom stereocenters. The predicted molar refractivity (Wildman–Crippen MR) is 272 cm³/mol. The van der Waals surface area contributed by atoms with Crippen molar-refractivity contribution in [2.24, 2.45) is 10.7 Å². The number of ketones is 1. The fraction of sp³-hybridized carbons (Fsp3) is 0.226. The van der Waals surface area contributed by atoms with Crippen LogP contribution in [0.25, 0.3) is 0 Å². The van der Waals surface area contributed by atoms with Crippen LogP contribution >= 0.6 is 23.2 Å². The Labute approximate surface area is 404 Å². The van der Waals surface area contributed by atoms with Crippen LogP contribution in [0, 0.1) is 0 Å². The van der Waals surface area contributed by atoms with Crippen molar-refractivity contribution >= 4 is 69.6 Å². The third-order valence-electron chi connectivity index (χ3n) is 9.13. The Balaban J connectivity index is 0.000000250. The first-order chi connectivity index (χ1) is 31.7. The SMILES string of the molecule is CC(C)(C)OC(=O)CN.CC(C)(C)OC(=O)CN=C(c1ccccc1)c1cc(Cl)ccc1N.Nc1ccc(Cl)cc1C(=O)c1ccccc1.O=C1CNC(c2ccccc2)c2ccccc2N1.[H+]. The lowest BCUT2D eigenvalue weighted by atomic mass is 9.97. The molecule has 0 spiro atoms. The Hall–Kier alpha value is -6.83. The summed E-state index contributed by atoms with van der Waals surface area (Å²) in [6.07, 6.45) is 0. The zero-order valence-electron chi connectivity index (χ0n) is 39.5. The molecule has 0 aliphatic carbocycles. The molecular formula is C53H59Cl2N6O6+. The van der Waals surface area contributed by atoms with Gasteiger partial charge in [-0.15, -0.1) is 0 Å². The second-order valence-corrected chi connectivity index (χ2v) is 17.8. The number of nitrogens with zero attached hydrogens (tertiary/aromatic N) is 1. The van der Waals surface area contributed by atoms with E-state index in [4.69, 9.17) is 49.9 Å². The number of carbonyl (C=O) groups is 4. The fourth-order valence-electron chi connectivity index (χ4n) is 6.34. The number of carbonyl (C=O) groups excluding carboxylic acids is 4. The molecule has 6 aromatic rings. The summed E-state index contributed by atoms with van der Waals surface area (Å²) in [6, 6.07) is 46.8. The maximum atomic E-state index is 12.1. The number of nitrogens with two attached hydrogens (primary N) is 3. The van der Waals surface area contributed by atoms with Crippen molar-refractivity contribution in [3.05, 3.63) is 195 Å². The van der Waals surface area contributed by atoms with Gasteiger partial charge in [0, 0.05) is 49.4 Å². The number of fused-ring (bicyclic) bond motifs is 1. The van der Waals surface area contributed by atoms with Gasteiger partial charge in [0.2, 0.25) is 5.91 Å². The van der Waals surface area contributed by atoms with E-state index in [1.165, 1.54) is 5.56 Å². The average Bonchev–Trinajstić information content (AvgIpc) is 3.46. The van der Waals surface area contributed by atoms with Crippen LogP contribution in [-0.2, 0) is 23.9 Å². The van der Waals surface area contributed by atoms with Gasteiger partial charge < -0.3 is 32.0 Å². The minimum Gasteiger partial charge on any atom is -0.459 e. The van der Waals surface area contributed by atoms with Crippen LogP contribution in [0.15, 0.2) is 157 Å². The molecule has 1 atom stereocenters. The molecule has 0 aromatic heterocycles. The average molecular weight is 947 g/mol. The fourth-order valence-corrected chi connectivity index (χ4v) is 6.68. The minimum absolute atomic E-state index is 0. The normalized spacial score (nSPS) is 13.2. The van der Waals surface area contributed by atoms with Crippen molar-refractivity contribution in [1.82, 2.24) is 5.32 Å². The topological polar surface area (TPSA) is 201 Å². The van der Waals surface area contributed by atoms with Crippen LogP contribution in [0.1, 0.15) is 87.2 Å². The Morgan fingerprint density at radius 1 is 0.657 bits per heavy atom. The molecule has 0 radical (unpaired) electrons. The third-order valence-corrected chi connectivity index (χ3v) is 9.60. The highest BCUT2D eigenvalue weighted by atomic mass is 35.5. The van der Waals surface area contributed by atoms with Crippen molar-refractivity contribution in [3.8, 4) is 0 Å². The van der Waals surface area contributed by atoms with Gasteiger partial charge in [0.05, 0.1) is 24.8 Å². The molecule has 0 bridgehead atoms. The van der Waals surface area contributed by atoms with Crippen LogP contribution in [0.4, 0.5) is 17.1 Å². The van der Waals surface area contributed by atoms with Gasteiger partial charge in [-0.05, 0) is 95.1 Å². The number of rotatable bonds is 8. The molecule has 14 heteroatoms. The van der Waals surface area contributed by atoms with Gasteiger partial charge in [-0.2, -0.15) is 0 Å². The van der Waals surface area contributed by atoms with Gasteiger partial charge >= 0.3 is 13.4 Å². The maximum absolute atomic E-state index is 12.1. The number of hydrogen-bond donors (Lipinski definition) is 5. The molecule has 67 heavy (non-hydrogen) atoms. The zero-order valence-corrected chi connectivity index (χ0v) is 40.0. The Kier molecular flexibility index (Phi) is 19.8. The number of esters is 2. The molecule has 12 nitrogen and oxygen atoms in total. The standard InChI is InChI=1S/C19H21ClN2O2.C15H14N2O.C13H10ClNO.C6H13NO2/c1-19(2,3)24-17(23)12-22-18(13-7-5-4-6-8-13)15-11-14(20)9-10-16(15)21;18-14-10-16-15(11-6-2-1-3-7-11)12-8-4-5-9-13(12)17-14;14-10-6-7-12(15)11(8-10)13(16)9-4-2-1-3-5-9;1-6(2,3)9-5(8)4-7/h4-11H,12,21H2,1-3H3;1-9,15-16H,10H2,(H,17,18);1-8H,15H2;4,7H2,1-3H3/p+1. The van der Waals surface area contributed by atoms with E-state index in [0.29, 0.717) is 50.4 Å². The summed E-state index contributed by atoms with van der Waals surface area (Å²) in [4.78, 5) is 50.7. The van der Waals surface area contributed by atoms with Crippen LogP contribution in [0.2, 0.25) is 10.0 Å². The monoisotopic (exact) mass is 945 g/mol. The van der Waals surface area contributed by atoms with E-state index in [0.717, 1.165) is 16.8 Å². The van der Waals surface area contributed by atoms with Crippen LogP contribution in [-0.4, -0.2) is 60.2 Å². The molecule has 0 fully saturated rings. The number of aliphatic imine (C=N–C) groups is 1. The molecule has 350 valence electrons. The Morgan fingerprint density at radius 3 is 1.67 bits per heavy atom. The summed E-state index contributed by atoms with van der Waals surface area (Å²) in [5.41, 5.74) is 23.2. The second-order valence-electron chi connectivity index (χ2n) is 16.9. The molecule has 6 aromatic carbocycles. The number of para-hydroxylation sites is 1. The van der Waals surface area contributed by atoms with Crippen LogP contribution in [0.3, 0.4) is 0 Å². The summed E-state index contributed by atoms with van der Waals surface area (Å²) in [6.45, 7) is 11.1. The molecule has 0 saturated carbocycles. The summed E-state index contributed by atoms with van der Waals surface area (Å²) in [7, 11) is 0. The number of ether oxygens (including phenoxy) is 2. The van der Waals surface area contributed by atoms with Gasteiger partial charge in [0.15, 0.2) is 5.78 Å². The molecule has 8 N–H and O–H groups in total. The summed E-state index contributed by atoms with van der Waals surface area (Å²) < 4.78 is 10.1. The highest BCUT2D eigenvalue weighted by Gasteiger charge is 2.22. The van der Waals surface area contributed by atoms with Gasteiger partial charge in [0.1, 0.15) is 17.7 Å². The van der Waals surface area contributed by atoms with E-state index >= 15 is 0 Å². The first-order valence-corrected chi connectivity index (χ1v) is 22.1. The number of nitrogen functional groups attached to an aromatic ring is 2. The van der Waals surface area contributed by atoms with Crippen molar-refractivity contribution in [2.45, 2.75) is 58.8 Å². The number of halogens is 2. The van der Waals surface area contributed by atoms with E-state index in [9.17, 15) is 19.2 Å². The van der Waals surface area contributed by atoms with Gasteiger partial charge in [-0.25, -0.2) is 0 Å². The summed E-state index contributed by atoms with van der Waals surface area (Å²) in [5.74, 6) is -0.861. The summed E-state index contributed by atoms with van der Waals surface area (Å²) >= 11 is 11.9. The largest absolute Gasteiger partial charge is 1.00 e. The zero-order chi connectivity index (χ0) is 49.1. The van der Waals surface area contributed by atoms with Gasteiger partial charge in [-0.1, -0.05) is 132 Å². The van der Waals surface area contributed by atoms with Crippen molar-refractivity contribution in [2.75, 3.05) is 36.4 Å². The highest BCUT2D eigenvalue weighted by molar-refractivity contribution is 6.32. The van der Waals surface area contributed by atoms with E-state index in [1.54, 1.807) is 69.3 Å². The molecular weight excluding hydrogens is 888 g/mol. The predicted octanol–water partition coefficient (Wildman–Crippen LogP) is 9.97. The number of nitrogens with one attached hydrogen (secondary N) is 2. The molecule has 0 saturated heterocycles. The first kappa shape index (κ1) is 52.8. The Bertz CT molecular complexity index is 2620. The number of hydrogen-bond acceptors (Lipinski definition) is 11. The smallest absolute Gasteiger partial charge is 0.459 e. The van der Waals surface area contributed by atoms with Crippen molar-refractivity contribution in [3.63, 3.8) is 0 Å². The van der Waals surface area contributed by atoms with Crippen LogP contribution in [0.5, 0.6) is 0 Å². The number of anilines is 3. The van der Waals surface area contributed by atoms with E-state index in [2.05, 4.69) is 27.8 Å². The Morgan fingerprint density at radius 2 is 1.13 bits per heavy atom. The van der Waals surface area contributed by atoms with E-state index in [-0.39, 0.29) is 38.2 Å². The van der Waals surface area contributed by atoms with Crippen LogP contribution < -0.4 is 27.8 Å². The molecule has 1 aliphatic rings. The highest BCUT2D eigenvalue weighted by Crippen LogP contribution is 2.30.